The van der Waals surface area contributed by atoms with Crippen LogP contribution >= 0.6 is 27.5 Å². The Morgan fingerprint density at radius 2 is 1.82 bits per heavy atom. The number of anilines is 1. The lowest BCUT2D eigenvalue weighted by Gasteiger charge is -2.20. The van der Waals surface area contributed by atoms with Crippen molar-refractivity contribution in [1.82, 2.24) is 5.32 Å². The summed E-state index contributed by atoms with van der Waals surface area (Å²) in [5.41, 5.74) is 1.83. The molecule has 0 saturated carbocycles. The van der Waals surface area contributed by atoms with Crippen LogP contribution in [0.5, 0.6) is 0 Å². The molecule has 0 saturated heterocycles. The Balaban J connectivity index is 1.94. The third-order valence-electron chi connectivity index (χ3n) is 3.35. The Kier molecular flexibility index (Phi) is 6.00. The zero-order valence-corrected chi connectivity index (χ0v) is 14.8. The van der Waals surface area contributed by atoms with Crippen LogP contribution in [0.4, 0.5) is 5.69 Å². The topological polar surface area (TPSA) is 41.1 Å². The van der Waals surface area contributed by atoms with Crippen molar-refractivity contribution < 1.29 is 4.79 Å². The van der Waals surface area contributed by atoms with Gasteiger partial charge in [0.25, 0.3) is 0 Å². The van der Waals surface area contributed by atoms with Crippen LogP contribution in [0.1, 0.15) is 25.5 Å². The van der Waals surface area contributed by atoms with Gasteiger partial charge >= 0.3 is 0 Å². The van der Waals surface area contributed by atoms with Crippen LogP contribution in [-0.4, -0.2) is 11.9 Å². The fourth-order valence-electron chi connectivity index (χ4n) is 2.11. The Morgan fingerprint density at radius 1 is 1.14 bits per heavy atom. The average Bonchev–Trinajstić information content (AvgIpc) is 2.49. The molecule has 0 aromatic heterocycles. The summed E-state index contributed by atoms with van der Waals surface area (Å²) in [5, 5.41) is 6.86. The monoisotopic (exact) mass is 380 g/mol. The summed E-state index contributed by atoms with van der Waals surface area (Å²) in [6.45, 7) is 3.85. The molecule has 0 heterocycles. The van der Waals surface area contributed by atoms with Gasteiger partial charge in [0.2, 0.25) is 5.91 Å². The van der Waals surface area contributed by atoms with Gasteiger partial charge in [-0.05, 0) is 55.8 Å². The first-order valence-corrected chi connectivity index (χ1v) is 8.21. The molecule has 0 fully saturated rings. The van der Waals surface area contributed by atoms with Crippen molar-refractivity contribution in [3.8, 4) is 0 Å². The summed E-state index contributed by atoms with van der Waals surface area (Å²) in [6.07, 6.45) is 0. The van der Waals surface area contributed by atoms with Crippen molar-refractivity contribution in [2.45, 2.75) is 25.9 Å². The third kappa shape index (κ3) is 4.83. The van der Waals surface area contributed by atoms with E-state index in [4.69, 9.17) is 11.6 Å². The predicted molar refractivity (Wildman–Crippen MR) is 95.2 cm³/mol. The summed E-state index contributed by atoms with van der Waals surface area (Å²) in [4.78, 5) is 12.2. The van der Waals surface area contributed by atoms with Crippen molar-refractivity contribution in [1.29, 1.82) is 0 Å². The maximum Gasteiger partial charge on any atom is 0.241 e. The number of nitrogens with one attached hydrogen (secondary N) is 2. The van der Waals surface area contributed by atoms with Gasteiger partial charge in [-0.1, -0.05) is 39.7 Å². The number of benzene rings is 2. The van der Waals surface area contributed by atoms with E-state index in [1.165, 1.54) is 0 Å². The SMILES string of the molecule is C[C@H](N[C@H](C)c1cccc(Cl)c1)C(=O)Nc1ccc(Br)cc1. The normalized spacial score (nSPS) is 13.5. The van der Waals surface area contributed by atoms with E-state index in [0.29, 0.717) is 5.02 Å². The molecule has 116 valence electrons. The molecule has 2 atom stereocenters. The Hall–Kier alpha value is -1.36. The maximum atomic E-state index is 12.2. The van der Waals surface area contributed by atoms with E-state index in [0.717, 1.165) is 15.7 Å². The number of hydrogen-bond acceptors (Lipinski definition) is 2. The second kappa shape index (κ2) is 7.77. The first kappa shape index (κ1) is 17.0. The smallest absolute Gasteiger partial charge is 0.241 e. The summed E-state index contributed by atoms with van der Waals surface area (Å²) in [6, 6.07) is 14.8. The molecule has 0 aliphatic heterocycles. The van der Waals surface area contributed by atoms with Gasteiger partial charge in [0.05, 0.1) is 6.04 Å². The van der Waals surface area contributed by atoms with E-state index in [2.05, 4.69) is 26.6 Å². The minimum absolute atomic E-state index is 0.0318. The zero-order valence-electron chi connectivity index (χ0n) is 12.4. The number of carbonyl (C=O) groups excluding carboxylic acids is 1. The van der Waals surface area contributed by atoms with Crippen molar-refractivity contribution in [2.75, 3.05) is 5.32 Å². The highest BCUT2D eigenvalue weighted by Crippen LogP contribution is 2.18. The van der Waals surface area contributed by atoms with Gasteiger partial charge in [-0.2, -0.15) is 0 Å². The number of carbonyl (C=O) groups is 1. The zero-order chi connectivity index (χ0) is 16.1. The van der Waals surface area contributed by atoms with Gasteiger partial charge < -0.3 is 5.32 Å². The van der Waals surface area contributed by atoms with Crippen LogP contribution in [-0.2, 0) is 4.79 Å². The molecule has 2 rings (SSSR count). The lowest BCUT2D eigenvalue weighted by molar-refractivity contribution is -0.117. The van der Waals surface area contributed by atoms with Crippen molar-refractivity contribution >= 4 is 39.1 Å². The van der Waals surface area contributed by atoms with Gasteiger partial charge in [0, 0.05) is 21.2 Å². The van der Waals surface area contributed by atoms with Gasteiger partial charge in [-0.3, -0.25) is 10.1 Å². The molecule has 3 nitrogen and oxygen atoms in total. The van der Waals surface area contributed by atoms with Crippen LogP contribution in [0.25, 0.3) is 0 Å². The number of amides is 1. The fraction of sp³-hybridized carbons (Fsp3) is 0.235. The molecule has 0 unspecified atom stereocenters. The Morgan fingerprint density at radius 3 is 2.45 bits per heavy atom. The third-order valence-corrected chi connectivity index (χ3v) is 4.12. The van der Waals surface area contributed by atoms with Gasteiger partial charge in [0.15, 0.2) is 0 Å². The molecular formula is C17H18BrClN2O. The van der Waals surface area contributed by atoms with E-state index in [1.807, 2.05) is 62.4 Å². The molecule has 5 heteroatoms. The molecule has 0 aliphatic rings. The highest BCUT2D eigenvalue weighted by molar-refractivity contribution is 9.10. The number of hydrogen-bond donors (Lipinski definition) is 2. The quantitative estimate of drug-likeness (QED) is 0.782. The minimum Gasteiger partial charge on any atom is -0.325 e. The van der Waals surface area contributed by atoms with Gasteiger partial charge in [0.1, 0.15) is 0 Å². The molecule has 2 aromatic rings. The van der Waals surface area contributed by atoms with Crippen LogP contribution in [0.15, 0.2) is 53.0 Å². The predicted octanol–water partition coefficient (Wildman–Crippen LogP) is 4.78. The van der Waals surface area contributed by atoms with Crippen molar-refractivity contribution in [3.63, 3.8) is 0 Å². The molecule has 2 N–H and O–H groups in total. The molecule has 22 heavy (non-hydrogen) atoms. The summed E-state index contributed by atoms with van der Waals surface area (Å²) in [7, 11) is 0. The molecule has 2 aromatic carbocycles. The van der Waals surface area contributed by atoms with E-state index in [-0.39, 0.29) is 18.0 Å². The molecule has 0 aliphatic carbocycles. The molecule has 0 radical (unpaired) electrons. The lowest BCUT2D eigenvalue weighted by atomic mass is 10.1. The summed E-state index contributed by atoms with van der Waals surface area (Å²) >= 11 is 9.37. The van der Waals surface area contributed by atoms with E-state index >= 15 is 0 Å². The van der Waals surface area contributed by atoms with E-state index in [1.54, 1.807) is 0 Å². The van der Waals surface area contributed by atoms with Crippen LogP contribution in [0.3, 0.4) is 0 Å². The average molecular weight is 382 g/mol. The molecular weight excluding hydrogens is 364 g/mol. The molecule has 0 spiro atoms. The fourth-order valence-corrected chi connectivity index (χ4v) is 2.57. The highest BCUT2D eigenvalue weighted by Gasteiger charge is 2.16. The second-order valence-corrected chi connectivity index (χ2v) is 6.51. The van der Waals surface area contributed by atoms with Gasteiger partial charge in [-0.15, -0.1) is 0 Å². The first-order chi connectivity index (χ1) is 10.5. The number of rotatable bonds is 5. The standard InChI is InChI=1S/C17H18BrClN2O/c1-11(13-4-3-5-15(19)10-13)20-12(2)17(22)21-16-8-6-14(18)7-9-16/h3-12,20H,1-2H3,(H,21,22)/t11-,12+/m1/s1. The lowest BCUT2D eigenvalue weighted by Crippen LogP contribution is -2.39. The molecule has 1 amide bonds. The largest absolute Gasteiger partial charge is 0.325 e. The minimum atomic E-state index is -0.322. The second-order valence-electron chi connectivity index (χ2n) is 5.16. The van der Waals surface area contributed by atoms with Crippen molar-refractivity contribution in [2.24, 2.45) is 0 Å². The summed E-state index contributed by atoms with van der Waals surface area (Å²) in [5.74, 6) is -0.0730. The molecule has 0 bridgehead atoms. The summed E-state index contributed by atoms with van der Waals surface area (Å²) < 4.78 is 0.978. The van der Waals surface area contributed by atoms with Gasteiger partial charge in [-0.25, -0.2) is 0 Å². The van der Waals surface area contributed by atoms with E-state index in [9.17, 15) is 4.79 Å². The Bertz CT molecular complexity index is 645. The Labute approximate surface area is 144 Å². The first-order valence-electron chi connectivity index (χ1n) is 7.03. The van der Waals surface area contributed by atoms with Crippen LogP contribution in [0.2, 0.25) is 5.02 Å². The van der Waals surface area contributed by atoms with Crippen LogP contribution in [0, 0.1) is 0 Å². The maximum absolute atomic E-state index is 12.2. The van der Waals surface area contributed by atoms with Crippen molar-refractivity contribution in [3.05, 3.63) is 63.6 Å². The highest BCUT2D eigenvalue weighted by atomic mass is 79.9. The van der Waals surface area contributed by atoms with E-state index < -0.39 is 0 Å². The number of halogens is 2. The van der Waals surface area contributed by atoms with Crippen LogP contribution < -0.4 is 10.6 Å².